The number of hydrogen-bond acceptors (Lipinski definition) is 3. The minimum atomic E-state index is -0.604. The predicted octanol–water partition coefficient (Wildman–Crippen LogP) is 1.16. The summed E-state index contributed by atoms with van der Waals surface area (Å²) in [6.45, 7) is 1.95. The number of Topliss-reactive ketones (excluding diaryl/α,β-unsaturated/α-hetero) is 1. The zero-order valence-electron chi connectivity index (χ0n) is 9.70. The van der Waals surface area contributed by atoms with Crippen LogP contribution in [0.15, 0.2) is 16.6 Å². The number of amides is 2. The second-order valence-corrected chi connectivity index (χ2v) is 5.04. The fourth-order valence-electron chi connectivity index (χ4n) is 2.04. The first-order chi connectivity index (χ1) is 8.41. The first kappa shape index (κ1) is 12.8. The summed E-state index contributed by atoms with van der Waals surface area (Å²) in [7, 11) is 0. The van der Waals surface area contributed by atoms with E-state index in [9.17, 15) is 14.4 Å². The van der Waals surface area contributed by atoms with Crippen LogP contribution in [0.5, 0.6) is 0 Å². The first-order valence-electron chi connectivity index (χ1n) is 5.36. The maximum atomic E-state index is 11.8. The van der Waals surface area contributed by atoms with Gasteiger partial charge in [0.2, 0.25) is 5.91 Å². The van der Waals surface area contributed by atoms with Crippen LogP contribution >= 0.6 is 15.9 Å². The number of benzene rings is 1. The molecule has 1 aromatic rings. The van der Waals surface area contributed by atoms with Gasteiger partial charge in [-0.1, -0.05) is 15.9 Å². The number of carbonyl (C=O) groups is 3. The number of rotatable bonds is 3. The molecule has 2 amide bonds. The van der Waals surface area contributed by atoms with Crippen molar-refractivity contribution in [3.8, 4) is 0 Å². The lowest BCUT2D eigenvalue weighted by molar-refractivity contribution is -0.118. The highest BCUT2D eigenvalue weighted by Crippen LogP contribution is 2.34. The first-order valence-corrected chi connectivity index (χ1v) is 6.15. The van der Waals surface area contributed by atoms with Gasteiger partial charge in [0, 0.05) is 17.4 Å². The summed E-state index contributed by atoms with van der Waals surface area (Å²) < 4.78 is 0.747. The van der Waals surface area contributed by atoms with Gasteiger partial charge >= 0.3 is 0 Å². The molecular weight excluding hydrogens is 300 g/mol. The molecule has 2 N–H and O–H groups in total. The average molecular weight is 311 g/mol. The van der Waals surface area contributed by atoms with Crippen LogP contribution in [0.1, 0.15) is 22.3 Å². The number of nitrogens with two attached hydrogens (primary N) is 1. The van der Waals surface area contributed by atoms with Crippen molar-refractivity contribution in [2.75, 3.05) is 11.4 Å². The van der Waals surface area contributed by atoms with E-state index in [0.717, 1.165) is 10.0 Å². The number of carbonyl (C=O) groups excluding carboxylic acids is 3. The molecule has 1 aliphatic heterocycles. The fourth-order valence-corrected chi connectivity index (χ4v) is 2.61. The average Bonchev–Trinajstić information content (AvgIpc) is 2.51. The molecule has 1 aromatic carbocycles. The van der Waals surface area contributed by atoms with Gasteiger partial charge in [-0.05, 0) is 24.6 Å². The van der Waals surface area contributed by atoms with E-state index in [4.69, 9.17) is 5.73 Å². The third kappa shape index (κ3) is 2.03. The third-order valence-electron chi connectivity index (χ3n) is 2.80. The molecule has 1 aliphatic rings. The summed E-state index contributed by atoms with van der Waals surface area (Å²) in [6.07, 6.45) is 0.0357. The Bertz CT molecular complexity index is 569. The second kappa shape index (κ2) is 4.53. The van der Waals surface area contributed by atoms with Crippen molar-refractivity contribution < 1.29 is 14.4 Å². The van der Waals surface area contributed by atoms with Gasteiger partial charge in [-0.2, -0.15) is 0 Å². The SMILES string of the molecule is Cc1cc(Br)cc2c1N(CCC(N)=O)C(=O)C2=O. The quantitative estimate of drug-likeness (QED) is 0.851. The number of aryl methyl sites for hydroxylation is 1. The third-order valence-corrected chi connectivity index (χ3v) is 3.26. The highest BCUT2D eigenvalue weighted by Gasteiger charge is 2.37. The van der Waals surface area contributed by atoms with Crippen molar-refractivity contribution in [2.24, 2.45) is 5.73 Å². The molecule has 0 aliphatic carbocycles. The molecule has 0 spiro atoms. The molecule has 94 valence electrons. The van der Waals surface area contributed by atoms with Crippen molar-refractivity contribution in [3.05, 3.63) is 27.7 Å². The lowest BCUT2D eigenvalue weighted by Gasteiger charge is -2.17. The highest BCUT2D eigenvalue weighted by molar-refractivity contribution is 9.10. The van der Waals surface area contributed by atoms with Gasteiger partial charge in [0.25, 0.3) is 11.7 Å². The van der Waals surface area contributed by atoms with Crippen LogP contribution in [0.25, 0.3) is 0 Å². The van der Waals surface area contributed by atoms with E-state index in [1.807, 2.05) is 13.0 Å². The summed E-state index contributed by atoms with van der Waals surface area (Å²) in [6, 6.07) is 3.44. The number of nitrogens with zero attached hydrogens (tertiary/aromatic N) is 1. The number of anilines is 1. The molecule has 0 aromatic heterocycles. The summed E-state index contributed by atoms with van der Waals surface area (Å²) in [5.41, 5.74) is 6.82. The lowest BCUT2D eigenvalue weighted by Crippen LogP contribution is -2.33. The minimum Gasteiger partial charge on any atom is -0.370 e. The van der Waals surface area contributed by atoms with Crippen LogP contribution in [0.3, 0.4) is 0 Å². The zero-order chi connectivity index (χ0) is 13.4. The van der Waals surface area contributed by atoms with Crippen molar-refractivity contribution >= 4 is 39.2 Å². The standard InChI is InChI=1S/C12H11BrN2O3/c1-6-4-7(13)5-8-10(6)15(3-2-9(14)16)12(18)11(8)17/h4-5H,2-3H2,1H3,(H2,14,16). The molecule has 0 saturated heterocycles. The number of primary amides is 1. The molecule has 6 heteroatoms. The number of halogens is 1. The van der Waals surface area contributed by atoms with Crippen LogP contribution in [-0.2, 0) is 9.59 Å². The van der Waals surface area contributed by atoms with E-state index in [1.54, 1.807) is 6.07 Å². The monoisotopic (exact) mass is 310 g/mol. The summed E-state index contributed by atoms with van der Waals surface area (Å²) in [4.78, 5) is 35.8. The maximum absolute atomic E-state index is 11.8. The van der Waals surface area contributed by atoms with Crippen LogP contribution in [0.2, 0.25) is 0 Å². The summed E-state index contributed by atoms with van der Waals surface area (Å²) >= 11 is 3.29. The van der Waals surface area contributed by atoms with Crippen molar-refractivity contribution in [3.63, 3.8) is 0 Å². The Hall–Kier alpha value is -1.69. The molecule has 1 heterocycles. The molecular formula is C12H11BrN2O3. The molecule has 2 rings (SSSR count). The van der Waals surface area contributed by atoms with Gasteiger partial charge in [0.05, 0.1) is 11.3 Å². The topological polar surface area (TPSA) is 80.5 Å². The fraction of sp³-hybridized carbons (Fsp3) is 0.250. The summed E-state index contributed by atoms with van der Waals surface area (Å²) in [5.74, 6) is -1.65. The zero-order valence-corrected chi connectivity index (χ0v) is 11.3. The minimum absolute atomic E-state index is 0.0357. The van der Waals surface area contributed by atoms with Gasteiger partial charge in [0.15, 0.2) is 0 Å². The molecule has 0 atom stereocenters. The van der Waals surface area contributed by atoms with Crippen molar-refractivity contribution in [1.82, 2.24) is 0 Å². The van der Waals surface area contributed by atoms with Gasteiger partial charge in [-0.3, -0.25) is 14.4 Å². The largest absolute Gasteiger partial charge is 0.370 e. The molecule has 0 fully saturated rings. The molecule has 5 nitrogen and oxygen atoms in total. The smallest absolute Gasteiger partial charge is 0.299 e. The molecule has 0 radical (unpaired) electrons. The van der Waals surface area contributed by atoms with Gasteiger partial charge in [-0.25, -0.2) is 0 Å². The van der Waals surface area contributed by atoms with Gasteiger partial charge < -0.3 is 10.6 Å². The van der Waals surface area contributed by atoms with Crippen molar-refractivity contribution in [1.29, 1.82) is 0 Å². The van der Waals surface area contributed by atoms with Crippen LogP contribution in [0.4, 0.5) is 5.69 Å². The van der Waals surface area contributed by atoms with E-state index in [-0.39, 0.29) is 13.0 Å². The molecule has 0 unspecified atom stereocenters. The molecule has 0 saturated carbocycles. The Labute approximate surface area is 112 Å². The second-order valence-electron chi connectivity index (χ2n) is 4.12. The van der Waals surface area contributed by atoms with Gasteiger partial charge in [0.1, 0.15) is 0 Å². The maximum Gasteiger partial charge on any atom is 0.299 e. The van der Waals surface area contributed by atoms with E-state index in [0.29, 0.717) is 11.3 Å². The Kier molecular flexibility index (Phi) is 3.21. The van der Waals surface area contributed by atoms with Crippen LogP contribution in [0, 0.1) is 6.92 Å². The van der Waals surface area contributed by atoms with E-state index in [1.165, 1.54) is 4.90 Å². The predicted molar refractivity (Wildman–Crippen MR) is 69.4 cm³/mol. The van der Waals surface area contributed by atoms with E-state index in [2.05, 4.69) is 15.9 Å². The normalized spacial score (nSPS) is 14.0. The Morgan fingerprint density at radius 2 is 2.06 bits per heavy atom. The van der Waals surface area contributed by atoms with E-state index < -0.39 is 17.6 Å². The highest BCUT2D eigenvalue weighted by atomic mass is 79.9. The number of ketones is 1. The Morgan fingerprint density at radius 3 is 2.67 bits per heavy atom. The Balaban J connectivity index is 2.45. The summed E-state index contributed by atoms with van der Waals surface area (Å²) in [5, 5.41) is 0. The van der Waals surface area contributed by atoms with Crippen LogP contribution in [-0.4, -0.2) is 24.1 Å². The van der Waals surface area contributed by atoms with Crippen molar-refractivity contribution in [2.45, 2.75) is 13.3 Å². The van der Waals surface area contributed by atoms with Crippen LogP contribution < -0.4 is 10.6 Å². The molecule has 18 heavy (non-hydrogen) atoms. The van der Waals surface area contributed by atoms with E-state index >= 15 is 0 Å². The Morgan fingerprint density at radius 1 is 1.39 bits per heavy atom. The number of hydrogen-bond donors (Lipinski definition) is 1. The number of fused-ring (bicyclic) bond motifs is 1. The lowest BCUT2D eigenvalue weighted by atomic mass is 10.1. The van der Waals surface area contributed by atoms with Gasteiger partial charge in [-0.15, -0.1) is 0 Å². The molecule has 0 bridgehead atoms.